The molecule has 10 heteroatoms. The lowest BCUT2D eigenvalue weighted by atomic mass is 10.4. The molecule has 0 aromatic carbocycles. The molecule has 1 atom stereocenters. The van der Waals surface area contributed by atoms with E-state index in [1.807, 2.05) is 5.43 Å². The van der Waals surface area contributed by atoms with E-state index in [0.717, 1.165) is 6.92 Å². The second-order valence-electron chi connectivity index (χ2n) is 3.39. The maximum Gasteiger partial charge on any atom is 0.414 e. The van der Waals surface area contributed by atoms with Crippen molar-refractivity contribution in [3.05, 3.63) is 11.9 Å². The predicted octanol–water partition coefficient (Wildman–Crippen LogP) is -0.151. The van der Waals surface area contributed by atoms with Crippen molar-refractivity contribution >= 4 is 5.91 Å². The number of nitrogen functional groups attached to an aromatic ring is 1. The molecule has 1 heterocycles. The SMILES string of the molecule is CC(OCCn1cc(C(=O)NN)nn1)C(F)(F)F. The fourth-order valence-electron chi connectivity index (χ4n) is 1.00. The summed E-state index contributed by atoms with van der Waals surface area (Å²) in [5.41, 5.74) is 1.83. The van der Waals surface area contributed by atoms with Gasteiger partial charge in [-0.2, -0.15) is 13.2 Å². The Morgan fingerprint density at radius 3 is 2.89 bits per heavy atom. The number of ether oxygens (including phenoxy) is 1. The van der Waals surface area contributed by atoms with E-state index in [-0.39, 0.29) is 18.8 Å². The number of halogens is 3. The Balaban J connectivity index is 2.41. The molecule has 3 N–H and O–H groups in total. The van der Waals surface area contributed by atoms with E-state index in [0.29, 0.717) is 0 Å². The number of alkyl halides is 3. The molecule has 7 nitrogen and oxygen atoms in total. The highest BCUT2D eigenvalue weighted by Gasteiger charge is 2.36. The molecule has 1 unspecified atom stereocenters. The summed E-state index contributed by atoms with van der Waals surface area (Å²) >= 11 is 0. The van der Waals surface area contributed by atoms with Crippen molar-refractivity contribution in [1.82, 2.24) is 20.4 Å². The monoisotopic (exact) mass is 267 g/mol. The van der Waals surface area contributed by atoms with Crippen molar-refractivity contribution in [2.75, 3.05) is 6.61 Å². The highest BCUT2D eigenvalue weighted by molar-refractivity contribution is 5.91. The summed E-state index contributed by atoms with van der Waals surface area (Å²) in [6.07, 6.45) is -5.00. The lowest BCUT2D eigenvalue weighted by Crippen LogP contribution is -2.30. The van der Waals surface area contributed by atoms with Crippen LogP contribution in [0, 0.1) is 0 Å². The number of hydrazine groups is 1. The minimum absolute atomic E-state index is 0.0265. The van der Waals surface area contributed by atoms with Crippen molar-refractivity contribution in [2.24, 2.45) is 5.84 Å². The molecule has 0 saturated carbocycles. The van der Waals surface area contributed by atoms with Crippen molar-refractivity contribution in [3.63, 3.8) is 0 Å². The third kappa shape index (κ3) is 3.96. The van der Waals surface area contributed by atoms with Crippen LogP contribution in [-0.2, 0) is 11.3 Å². The van der Waals surface area contributed by atoms with E-state index in [1.165, 1.54) is 10.9 Å². The second kappa shape index (κ2) is 5.78. The maximum atomic E-state index is 12.1. The number of rotatable bonds is 5. The Labute approximate surface area is 100 Å². The first kappa shape index (κ1) is 14.4. The van der Waals surface area contributed by atoms with E-state index in [1.54, 1.807) is 0 Å². The number of hydrogen-bond acceptors (Lipinski definition) is 5. The van der Waals surface area contributed by atoms with Gasteiger partial charge in [-0.05, 0) is 6.92 Å². The van der Waals surface area contributed by atoms with Crippen LogP contribution in [-0.4, -0.2) is 39.8 Å². The second-order valence-corrected chi connectivity index (χ2v) is 3.39. The van der Waals surface area contributed by atoms with Gasteiger partial charge in [0, 0.05) is 0 Å². The normalized spacial score (nSPS) is 13.4. The van der Waals surface area contributed by atoms with Gasteiger partial charge in [0.2, 0.25) is 0 Å². The topological polar surface area (TPSA) is 95.1 Å². The number of hydrogen-bond donors (Lipinski definition) is 2. The molecule has 1 aromatic rings. The van der Waals surface area contributed by atoms with Crippen LogP contribution in [0.4, 0.5) is 13.2 Å². The lowest BCUT2D eigenvalue weighted by molar-refractivity contribution is -0.214. The molecule has 1 aromatic heterocycles. The highest BCUT2D eigenvalue weighted by atomic mass is 19.4. The molecule has 1 rings (SSSR count). The van der Waals surface area contributed by atoms with Gasteiger partial charge in [-0.15, -0.1) is 5.10 Å². The summed E-state index contributed by atoms with van der Waals surface area (Å²) in [4.78, 5) is 11.0. The number of nitrogens with two attached hydrogens (primary N) is 1. The third-order valence-corrected chi connectivity index (χ3v) is 2.05. The van der Waals surface area contributed by atoms with Crippen LogP contribution in [0.1, 0.15) is 17.4 Å². The first-order chi connectivity index (χ1) is 8.34. The van der Waals surface area contributed by atoms with Crippen molar-refractivity contribution in [3.8, 4) is 0 Å². The Bertz CT molecular complexity index is 406. The zero-order chi connectivity index (χ0) is 13.8. The van der Waals surface area contributed by atoms with Crippen LogP contribution in [0.15, 0.2) is 6.20 Å². The standard InChI is InChI=1S/C8H12F3N5O2/c1-5(8(9,10)11)18-3-2-16-4-6(14-15-16)7(17)13-12/h4-5H,2-3,12H2,1H3,(H,13,17). The van der Waals surface area contributed by atoms with Crippen molar-refractivity contribution < 1.29 is 22.7 Å². The first-order valence-electron chi connectivity index (χ1n) is 4.94. The summed E-state index contributed by atoms with van der Waals surface area (Å²) in [6, 6.07) is 0. The van der Waals surface area contributed by atoms with Gasteiger partial charge < -0.3 is 4.74 Å². The third-order valence-electron chi connectivity index (χ3n) is 2.05. The van der Waals surface area contributed by atoms with Gasteiger partial charge in [-0.25, -0.2) is 10.5 Å². The molecule has 18 heavy (non-hydrogen) atoms. The predicted molar refractivity (Wildman–Crippen MR) is 53.1 cm³/mol. The molecular weight excluding hydrogens is 255 g/mol. The number of carbonyl (C=O) groups excluding carboxylic acids is 1. The maximum absolute atomic E-state index is 12.1. The number of amides is 1. The van der Waals surface area contributed by atoms with Crippen LogP contribution in [0.5, 0.6) is 0 Å². The molecule has 0 aliphatic carbocycles. The van der Waals surface area contributed by atoms with Gasteiger partial charge in [0.15, 0.2) is 11.8 Å². The first-order valence-corrected chi connectivity index (χ1v) is 4.94. The Morgan fingerprint density at radius 2 is 2.33 bits per heavy atom. The summed E-state index contributed by atoms with van der Waals surface area (Å²) in [7, 11) is 0. The summed E-state index contributed by atoms with van der Waals surface area (Å²) in [5, 5.41) is 7.01. The summed E-state index contributed by atoms with van der Waals surface area (Å²) in [6.45, 7) is 0.758. The smallest absolute Gasteiger partial charge is 0.367 e. The van der Waals surface area contributed by atoms with E-state index >= 15 is 0 Å². The average Bonchev–Trinajstić information content (AvgIpc) is 2.75. The average molecular weight is 267 g/mol. The Kier molecular flexibility index (Phi) is 4.62. The van der Waals surface area contributed by atoms with Crippen LogP contribution in [0.2, 0.25) is 0 Å². The Morgan fingerprint density at radius 1 is 1.67 bits per heavy atom. The van der Waals surface area contributed by atoms with Crippen molar-refractivity contribution in [2.45, 2.75) is 25.7 Å². The zero-order valence-electron chi connectivity index (χ0n) is 9.44. The quantitative estimate of drug-likeness (QED) is 0.439. The van der Waals surface area contributed by atoms with E-state index in [9.17, 15) is 18.0 Å². The van der Waals surface area contributed by atoms with Gasteiger partial charge >= 0.3 is 6.18 Å². The molecule has 0 fully saturated rings. The van der Waals surface area contributed by atoms with Gasteiger partial charge in [-0.1, -0.05) is 5.21 Å². The van der Waals surface area contributed by atoms with Crippen LogP contribution >= 0.6 is 0 Å². The number of nitrogens with one attached hydrogen (secondary N) is 1. The minimum Gasteiger partial charge on any atom is -0.367 e. The molecule has 0 aliphatic heterocycles. The molecule has 102 valence electrons. The van der Waals surface area contributed by atoms with E-state index < -0.39 is 18.2 Å². The number of carbonyl (C=O) groups is 1. The van der Waals surface area contributed by atoms with Crippen LogP contribution in [0.25, 0.3) is 0 Å². The molecule has 1 amide bonds. The van der Waals surface area contributed by atoms with Crippen molar-refractivity contribution in [1.29, 1.82) is 0 Å². The van der Waals surface area contributed by atoms with E-state index in [2.05, 4.69) is 15.0 Å². The number of nitrogens with zero attached hydrogens (tertiary/aromatic N) is 3. The van der Waals surface area contributed by atoms with Crippen LogP contribution in [0.3, 0.4) is 0 Å². The fraction of sp³-hybridized carbons (Fsp3) is 0.625. The zero-order valence-corrected chi connectivity index (χ0v) is 9.44. The largest absolute Gasteiger partial charge is 0.414 e. The molecular formula is C8H12F3N5O2. The number of aromatic nitrogens is 3. The lowest BCUT2D eigenvalue weighted by Gasteiger charge is -2.15. The fourth-order valence-corrected chi connectivity index (χ4v) is 1.00. The van der Waals surface area contributed by atoms with Gasteiger partial charge in [0.05, 0.1) is 19.3 Å². The van der Waals surface area contributed by atoms with Gasteiger partial charge in [0.25, 0.3) is 5.91 Å². The molecule has 0 spiro atoms. The Hall–Kier alpha value is -1.68. The van der Waals surface area contributed by atoms with Gasteiger partial charge in [0.1, 0.15) is 0 Å². The van der Waals surface area contributed by atoms with E-state index in [4.69, 9.17) is 5.84 Å². The molecule has 0 radical (unpaired) electrons. The molecule has 0 saturated heterocycles. The summed E-state index contributed by atoms with van der Waals surface area (Å²) in [5.74, 6) is 4.24. The highest BCUT2D eigenvalue weighted by Crippen LogP contribution is 2.22. The summed E-state index contributed by atoms with van der Waals surface area (Å²) < 4.78 is 42.1. The molecule has 0 aliphatic rings. The van der Waals surface area contributed by atoms with Crippen LogP contribution < -0.4 is 11.3 Å². The van der Waals surface area contributed by atoms with Gasteiger partial charge in [-0.3, -0.25) is 10.2 Å². The molecule has 0 bridgehead atoms. The minimum atomic E-state index is -4.40.